The number of ether oxygens (including phenoxy) is 1. The molecular formula is C25H36O5Si. The molecule has 0 spiro atoms. The van der Waals surface area contributed by atoms with E-state index in [1.807, 2.05) is 36.4 Å². The van der Waals surface area contributed by atoms with Crippen molar-refractivity contribution in [2.45, 2.75) is 58.3 Å². The Bertz CT molecular complexity index is 764. The first-order valence-corrected chi connectivity index (χ1v) is 12.8. The first-order valence-electron chi connectivity index (χ1n) is 10.9. The van der Waals surface area contributed by atoms with Crippen LogP contribution in [-0.4, -0.2) is 49.9 Å². The van der Waals surface area contributed by atoms with Gasteiger partial charge < -0.3 is 19.4 Å². The number of rotatable bonds is 10. The van der Waals surface area contributed by atoms with E-state index in [4.69, 9.17) is 9.16 Å². The standard InChI is InChI=1S/C25H36O5Si/c1-6-29-24(28)19(2)23(27)17-20(26)18-30-31(25(3,4)5,21-13-9-7-10-14-21)22-15-11-8-12-16-22/h7-16,19-20,23,26-27H,6,17-18H2,1-5H3/t19-,20-,23-/m0/s1. The smallest absolute Gasteiger partial charge is 0.311 e. The van der Waals surface area contributed by atoms with Crippen molar-refractivity contribution in [2.24, 2.45) is 5.92 Å². The molecular weight excluding hydrogens is 408 g/mol. The van der Waals surface area contributed by atoms with Crippen molar-refractivity contribution in [3.63, 3.8) is 0 Å². The Labute approximate surface area is 187 Å². The van der Waals surface area contributed by atoms with Gasteiger partial charge in [-0.1, -0.05) is 81.4 Å². The molecule has 2 N–H and O–H groups in total. The summed E-state index contributed by atoms with van der Waals surface area (Å²) in [7, 11) is -2.76. The van der Waals surface area contributed by atoms with Crippen molar-refractivity contribution in [3.05, 3.63) is 60.7 Å². The van der Waals surface area contributed by atoms with Gasteiger partial charge in [-0.05, 0) is 29.3 Å². The van der Waals surface area contributed by atoms with Crippen LogP contribution in [0.2, 0.25) is 5.04 Å². The molecule has 6 heteroatoms. The molecule has 2 rings (SSSR count). The van der Waals surface area contributed by atoms with E-state index in [2.05, 4.69) is 45.0 Å². The van der Waals surface area contributed by atoms with E-state index < -0.39 is 32.4 Å². The fourth-order valence-electron chi connectivity index (χ4n) is 3.96. The molecule has 0 aliphatic carbocycles. The lowest BCUT2D eigenvalue weighted by molar-refractivity contribution is -0.151. The minimum atomic E-state index is -2.76. The molecule has 0 bridgehead atoms. The minimum Gasteiger partial charge on any atom is -0.466 e. The Hall–Kier alpha value is -1.99. The predicted octanol–water partition coefficient (Wildman–Crippen LogP) is 2.87. The summed E-state index contributed by atoms with van der Waals surface area (Å²) >= 11 is 0. The van der Waals surface area contributed by atoms with Gasteiger partial charge >= 0.3 is 5.97 Å². The monoisotopic (exact) mass is 444 g/mol. The predicted molar refractivity (Wildman–Crippen MR) is 126 cm³/mol. The lowest BCUT2D eigenvalue weighted by Crippen LogP contribution is -2.67. The van der Waals surface area contributed by atoms with Crippen LogP contribution >= 0.6 is 0 Å². The average molecular weight is 445 g/mol. The zero-order valence-corrected chi connectivity index (χ0v) is 20.2. The van der Waals surface area contributed by atoms with Crippen LogP contribution in [0, 0.1) is 5.92 Å². The van der Waals surface area contributed by atoms with Gasteiger partial charge in [0.25, 0.3) is 8.32 Å². The van der Waals surface area contributed by atoms with Gasteiger partial charge in [-0.2, -0.15) is 0 Å². The van der Waals surface area contributed by atoms with Gasteiger partial charge in [0.05, 0.1) is 31.3 Å². The maximum atomic E-state index is 11.9. The van der Waals surface area contributed by atoms with E-state index in [9.17, 15) is 15.0 Å². The molecule has 5 nitrogen and oxygen atoms in total. The van der Waals surface area contributed by atoms with Crippen molar-refractivity contribution < 1.29 is 24.2 Å². The number of hydrogen-bond acceptors (Lipinski definition) is 5. The Balaban J connectivity index is 2.28. The molecule has 0 heterocycles. The number of carbonyl (C=O) groups excluding carboxylic acids is 1. The van der Waals surface area contributed by atoms with Gasteiger partial charge in [-0.15, -0.1) is 0 Å². The van der Waals surface area contributed by atoms with Gasteiger partial charge in [-0.3, -0.25) is 4.79 Å². The molecule has 0 fully saturated rings. The van der Waals surface area contributed by atoms with Crippen LogP contribution in [0.5, 0.6) is 0 Å². The van der Waals surface area contributed by atoms with Crippen molar-refractivity contribution in [2.75, 3.05) is 13.2 Å². The first kappa shape index (κ1) is 25.3. The second-order valence-electron chi connectivity index (χ2n) is 8.97. The molecule has 0 radical (unpaired) electrons. The minimum absolute atomic E-state index is 0.0399. The second kappa shape index (κ2) is 11.0. The molecule has 3 atom stereocenters. The molecule has 0 aromatic heterocycles. The quantitative estimate of drug-likeness (QED) is 0.435. The molecule has 2 aromatic carbocycles. The Kier molecular flexibility index (Phi) is 9.00. The van der Waals surface area contributed by atoms with Crippen LogP contribution < -0.4 is 10.4 Å². The highest BCUT2D eigenvalue weighted by molar-refractivity contribution is 6.99. The van der Waals surface area contributed by atoms with Gasteiger partial charge in [0, 0.05) is 6.42 Å². The SMILES string of the molecule is CCOC(=O)[C@@H](C)[C@@H](O)C[C@H](O)CO[Si](c1ccccc1)(c1ccccc1)C(C)(C)C. The summed E-state index contributed by atoms with van der Waals surface area (Å²) in [4.78, 5) is 11.9. The summed E-state index contributed by atoms with van der Waals surface area (Å²) < 4.78 is 11.7. The molecule has 0 aliphatic heterocycles. The molecule has 31 heavy (non-hydrogen) atoms. The van der Waals surface area contributed by atoms with E-state index in [0.29, 0.717) is 0 Å². The molecule has 0 amide bonds. The highest BCUT2D eigenvalue weighted by Crippen LogP contribution is 2.36. The number of benzene rings is 2. The summed E-state index contributed by atoms with van der Waals surface area (Å²) in [6, 6.07) is 20.4. The van der Waals surface area contributed by atoms with E-state index in [1.165, 1.54) is 0 Å². The van der Waals surface area contributed by atoms with E-state index in [0.717, 1.165) is 10.4 Å². The molecule has 0 saturated carbocycles. The van der Waals surface area contributed by atoms with Crippen LogP contribution in [0.25, 0.3) is 0 Å². The van der Waals surface area contributed by atoms with Crippen LogP contribution in [0.3, 0.4) is 0 Å². The summed E-state index contributed by atoms with van der Waals surface area (Å²) in [5.74, 6) is -1.17. The third kappa shape index (κ3) is 6.04. The number of carbonyl (C=O) groups is 1. The maximum Gasteiger partial charge on any atom is 0.311 e. The normalized spacial score (nSPS) is 15.2. The highest BCUT2D eigenvalue weighted by Gasteiger charge is 2.50. The van der Waals surface area contributed by atoms with E-state index >= 15 is 0 Å². The number of esters is 1. The lowest BCUT2D eigenvalue weighted by atomic mass is 9.99. The summed E-state index contributed by atoms with van der Waals surface area (Å²) in [6.45, 7) is 10.2. The van der Waals surface area contributed by atoms with Crippen LogP contribution in [0.1, 0.15) is 41.0 Å². The van der Waals surface area contributed by atoms with Crippen molar-refractivity contribution in [1.82, 2.24) is 0 Å². The molecule has 0 saturated heterocycles. The fraction of sp³-hybridized carbons (Fsp3) is 0.480. The van der Waals surface area contributed by atoms with Crippen molar-refractivity contribution in [1.29, 1.82) is 0 Å². The van der Waals surface area contributed by atoms with Crippen LogP contribution in [0.4, 0.5) is 0 Å². The Morgan fingerprint density at radius 1 is 0.968 bits per heavy atom. The molecule has 2 aromatic rings. The fourth-order valence-corrected chi connectivity index (χ4v) is 8.56. The van der Waals surface area contributed by atoms with Gasteiger partial charge in [0.1, 0.15) is 0 Å². The van der Waals surface area contributed by atoms with E-state index in [1.54, 1.807) is 13.8 Å². The third-order valence-corrected chi connectivity index (χ3v) is 10.7. The van der Waals surface area contributed by atoms with Gasteiger partial charge in [-0.25, -0.2) is 0 Å². The summed E-state index contributed by atoms with van der Waals surface area (Å²) in [6.07, 6.45) is -1.87. The molecule has 0 aliphatic rings. The largest absolute Gasteiger partial charge is 0.466 e. The van der Waals surface area contributed by atoms with Gasteiger partial charge in [0.2, 0.25) is 0 Å². The molecule has 170 valence electrons. The summed E-state index contributed by atoms with van der Waals surface area (Å²) in [5.41, 5.74) is 0. The topological polar surface area (TPSA) is 76.0 Å². The number of aliphatic hydroxyl groups excluding tert-OH is 2. The van der Waals surface area contributed by atoms with Crippen LogP contribution in [-0.2, 0) is 14.0 Å². The zero-order chi connectivity index (χ0) is 23.1. The van der Waals surface area contributed by atoms with Gasteiger partial charge in [0.15, 0.2) is 0 Å². The molecule has 0 unspecified atom stereocenters. The van der Waals surface area contributed by atoms with Crippen molar-refractivity contribution in [3.8, 4) is 0 Å². The Morgan fingerprint density at radius 3 is 1.87 bits per heavy atom. The number of hydrogen-bond donors (Lipinski definition) is 2. The lowest BCUT2D eigenvalue weighted by Gasteiger charge is -2.43. The summed E-state index contributed by atoms with van der Waals surface area (Å²) in [5, 5.41) is 23.1. The van der Waals surface area contributed by atoms with E-state index in [-0.39, 0.29) is 24.7 Å². The second-order valence-corrected chi connectivity index (χ2v) is 13.3. The Morgan fingerprint density at radius 2 is 1.45 bits per heavy atom. The first-order chi connectivity index (χ1) is 14.6. The zero-order valence-electron chi connectivity index (χ0n) is 19.2. The van der Waals surface area contributed by atoms with Crippen LogP contribution in [0.15, 0.2) is 60.7 Å². The third-order valence-electron chi connectivity index (χ3n) is 5.66. The highest BCUT2D eigenvalue weighted by atomic mass is 28.4. The maximum absolute atomic E-state index is 11.9. The van der Waals surface area contributed by atoms with Crippen molar-refractivity contribution >= 4 is 24.7 Å². The number of aliphatic hydroxyl groups is 2. The average Bonchev–Trinajstić information content (AvgIpc) is 2.74.